The van der Waals surface area contributed by atoms with Crippen LogP contribution in [0, 0.1) is 11.8 Å². The Morgan fingerprint density at radius 2 is 1.62 bits per heavy atom. The Bertz CT molecular complexity index is 169. The van der Waals surface area contributed by atoms with E-state index in [0.717, 1.165) is 19.3 Å². The Morgan fingerprint density at radius 3 is 1.92 bits per heavy atom. The summed E-state index contributed by atoms with van der Waals surface area (Å²) in [7, 11) is 0. The van der Waals surface area contributed by atoms with Crippen molar-refractivity contribution in [1.29, 1.82) is 0 Å². The van der Waals surface area contributed by atoms with Gasteiger partial charge in [-0.05, 0) is 19.8 Å². The molecule has 3 nitrogen and oxygen atoms in total. The highest BCUT2D eigenvalue weighted by Crippen LogP contribution is 2.31. The predicted octanol–water partition coefficient (Wildman–Crippen LogP) is 1.50. The van der Waals surface area contributed by atoms with Gasteiger partial charge in [0, 0.05) is 11.8 Å². The molecule has 0 aromatic carbocycles. The Balaban J connectivity index is 0.000000671. The lowest BCUT2D eigenvalue weighted by Gasteiger charge is -2.11. The zero-order valence-electron chi connectivity index (χ0n) is 8.67. The zero-order valence-corrected chi connectivity index (χ0v) is 8.67. The normalized spacial score (nSPS) is 26.1. The molecular weight excluding hydrogens is 166 g/mol. The SMILES string of the molecule is CC.CC(=O)C1CCCC1C(N)=O. The second kappa shape index (κ2) is 5.73. The summed E-state index contributed by atoms with van der Waals surface area (Å²) in [6, 6.07) is 0. The molecule has 0 bridgehead atoms. The molecular formula is C10H19NO2. The van der Waals surface area contributed by atoms with E-state index in [0.29, 0.717) is 0 Å². The molecule has 1 amide bonds. The standard InChI is InChI=1S/C8H13NO2.C2H6/c1-5(10)6-3-2-4-7(6)8(9)11;1-2/h6-7H,2-4H2,1H3,(H2,9,11);1-2H3. The Labute approximate surface area is 79.7 Å². The van der Waals surface area contributed by atoms with E-state index in [4.69, 9.17) is 5.73 Å². The van der Waals surface area contributed by atoms with E-state index in [1.165, 1.54) is 6.92 Å². The van der Waals surface area contributed by atoms with Gasteiger partial charge in [0.25, 0.3) is 0 Å². The highest BCUT2D eigenvalue weighted by atomic mass is 16.1. The molecule has 1 fully saturated rings. The molecule has 1 saturated carbocycles. The van der Waals surface area contributed by atoms with Crippen LogP contribution < -0.4 is 5.73 Å². The molecule has 0 spiro atoms. The molecule has 76 valence electrons. The maximum absolute atomic E-state index is 11.0. The molecule has 0 aromatic rings. The van der Waals surface area contributed by atoms with Gasteiger partial charge in [-0.25, -0.2) is 0 Å². The molecule has 3 heteroatoms. The number of nitrogens with two attached hydrogens (primary N) is 1. The van der Waals surface area contributed by atoms with Gasteiger partial charge in [0.15, 0.2) is 0 Å². The summed E-state index contributed by atoms with van der Waals surface area (Å²) in [5, 5.41) is 0. The molecule has 2 unspecified atom stereocenters. The second-order valence-electron chi connectivity index (χ2n) is 3.16. The molecule has 2 N–H and O–H groups in total. The number of carbonyl (C=O) groups is 2. The van der Waals surface area contributed by atoms with Crippen LogP contribution in [0.3, 0.4) is 0 Å². The van der Waals surface area contributed by atoms with Crippen LogP contribution in [0.5, 0.6) is 0 Å². The third-order valence-corrected chi connectivity index (χ3v) is 2.40. The van der Waals surface area contributed by atoms with Crippen LogP contribution in [0.2, 0.25) is 0 Å². The van der Waals surface area contributed by atoms with E-state index in [9.17, 15) is 9.59 Å². The smallest absolute Gasteiger partial charge is 0.221 e. The lowest BCUT2D eigenvalue weighted by atomic mass is 9.92. The average molecular weight is 185 g/mol. The number of Topliss-reactive ketones (excluding diaryl/α,β-unsaturated/α-hetero) is 1. The summed E-state index contributed by atoms with van der Waals surface area (Å²) in [5.41, 5.74) is 5.13. The molecule has 1 aliphatic rings. The van der Waals surface area contributed by atoms with Crippen molar-refractivity contribution in [2.24, 2.45) is 17.6 Å². The maximum atomic E-state index is 11.0. The fourth-order valence-electron chi connectivity index (χ4n) is 1.79. The monoisotopic (exact) mass is 185 g/mol. The maximum Gasteiger partial charge on any atom is 0.221 e. The highest BCUT2D eigenvalue weighted by molar-refractivity contribution is 5.87. The predicted molar refractivity (Wildman–Crippen MR) is 52.1 cm³/mol. The summed E-state index contributed by atoms with van der Waals surface area (Å²) >= 11 is 0. The first-order chi connectivity index (χ1) is 6.13. The van der Waals surface area contributed by atoms with Crippen LogP contribution in [0.15, 0.2) is 0 Å². The number of ketones is 1. The van der Waals surface area contributed by atoms with Gasteiger partial charge in [0.1, 0.15) is 5.78 Å². The van der Waals surface area contributed by atoms with Gasteiger partial charge in [-0.1, -0.05) is 20.3 Å². The van der Waals surface area contributed by atoms with Crippen molar-refractivity contribution in [1.82, 2.24) is 0 Å². The van der Waals surface area contributed by atoms with Gasteiger partial charge in [-0.3, -0.25) is 9.59 Å². The van der Waals surface area contributed by atoms with Crippen molar-refractivity contribution < 1.29 is 9.59 Å². The minimum atomic E-state index is -0.317. The van der Waals surface area contributed by atoms with Crippen molar-refractivity contribution in [3.8, 4) is 0 Å². The number of primary amides is 1. The summed E-state index contributed by atoms with van der Waals surface area (Å²) in [4.78, 5) is 21.7. The van der Waals surface area contributed by atoms with Gasteiger partial charge < -0.3 is 5.73 Å². The highest BCUT2D eigenvalue weighted by Gasteiger charge is 2.34. The van der Waals surface area contributed by atoms with Gasteiger partial charge in [-0.15, -0.1) is 0 Å². The van der Waals surface area contributed by atoms with E-state index < -0.39 is 0 Å². The molecule has 0 saturated heterocycles. The van der Waals surface area contributed by atoms with Crippen molar-refractivity contribution in [2.45, 2.75) is 40.0 Å². The summed E-state index contributed by atoms with van der Waals surface area (Å²) in [5.74, 6) is -0.492. The number of amides is 1. The molecule has 0 aliphatic heterocycles. The first kappa shape index (κ1) is 12.1. The Morgan fingerprint density at radius 1 is 1.15 bits per heavy atom. The van der Waals surface area contributed by atoms with E-state index in [-0.39, 0.29) is 23.5 Å². The molecule has 1 rings (SSSR count). The fourth-order valence-corrected chi connectivity index (χ4v) is 1.79. The third-order valence-electron chi connectivity index (χ3n) is 2.40. The van der Waals surface area contributed by atoms with Crippen LogP contribution >= 0.6 is 0 Å². The number of hydrogen-bond acceptors (Lipinski definition) is 2. The van der Waals surface area contributed by atoms with Crippen molar-refractivity contribution in [2.75, 3.05) is 0 Å². The second-order valence-corrected chi connectivity index (χ2v) is 3.16. The summed E-state index contributed by atoms with van der Waals surface area (Å²) in [6.07, 6.45) is 2.58. The van der Waals surface area contributed by atoms with E-state index in [2.05, 4.69) is 0 Å². The topological polar surface area (TPSA) is 60.2 Å². The average Bonchev–Trinajstić information content (AvgIpc) is 2.55. The van der Waals surface area contributed by atoms with E-state index >= 15 is 0 Å². The van der Waals surface area contributed by atoms with Crippen LogP contribution in [0.4, 0.5) is 0 Å². The molecule has 1 aliphatic carbocycles. The quantitative estimate of drug-likeness (QED) is 0.708. The largest absolute Gasteiger partial charge is 0.369 e. The number of hydrogen-bond donors (Lipinski definition) is 1. The van der Waals surface area contributed by atoms with Gasteiger partial charge in [0.05, 0.1) is 0 Å². The molecule has 13 heavy (non-hydrogen) atoms. The molecule has 2 atom stereocenters. The van der Waals surface area contributed by atoms with Gasteiger partial charge in [0.2, 0.25) is 5.91 Å². The van der Waals surface area contributed by atoms with Crippen LogP contribution in [-0.4, -0.2) is 11.7 Å². The van der Waals surface area contributed by atoms with Crippen molar-refractivity contribution in [3.63, 3.8) is 0 Å². The van der Waals surface area contributed by atoms with Crippen molar-refractivity contribution in [3.05, 3.63) is 0 Å². The summed E-state index contributed by atoms with van der Waals surface area (Å²) in [6.45, 7) is 5.53. The Kier molecular flexibility index (Phi) is 5.35. The lowest BCUT2D eigenvalue weighted by Crippen LogP contribution is -2.29. The van der Waals surface area contributed by atoms with E-state index in [1.807, 2.05) is 13.8 Å². The van der Waals surface area contributed by atoms with Crippen molar-refractivity contribution >= 4 is 11.7 Å². The first-order valence-electron chi connectivity index (χ1n) is 4.92. The number of rotatable bonds is 2. The Hall–Kier alpha value is -0.860. The molecule has 0 heterocycles. The van der Waals surface area contributed by atoms with E-state index in [1.54, 1.807) is 0 Å². The number of carbonyl (C=O) groups excluding carboxylic acids is 2. The van der Waals surface area contributed by atoms with Crippen LogP contribution in [0.1, 0.15) is 40.0 Å². The zero-order chi connectivity index (χ0) is 10.4. The first-order valence-corrected chi connectivity index (χ1v) is 4.92. The summed E-state index contributed by atoms with van der Waals surface area (Å²) < 4.78 is 0. The van der Waals surface area contributed by atoms with Gasteiger partial charge >= 0.3 is 0 Å². The minimum Gasteiger partial charge on any atom is -0.369 e. The fraction of sp³-hybridized carbons (Fsp3) is 0.800. The third kappa shape index (κ3) is 3.17. The van der Waals surface area contributed by atoms with Crippen LogP contribution in [0.25, 0.3) is 0 Å². The minimum absolute atomic E-state index is 0.0903. The van der Waals surface area contributed by atoms with Crippen LogP contribution in [-0.2, 0) is 9.59 Å². The molecule has 0 aromatic heterocycles. The lowest BCUT2D eigenvalue weighted by molar-refractivity contribution is -0.129. The van der Waals surface area contributed by atoms with Gasteiger partial charge in [-0.2, -0.15) is 0 Å². The molecule has 0 radical (unpaired) electrons.